The van der Waals surface area contributed by atoms with Gasteiger partial charge in [-0.25, -0.2) is 0 Å². The summed E-state index contributed by atoms with van der Waals surface area (Å²) in [7, 11) is 0. The van der Waals surface area contributed by atoms with Gasteiger partial charge in [-0.1, -0.05) is 30.3 Å². The zero-order valence-corrected chi connectivity index (χ0v) is 16.2. The number of carboxylic acids is 1. The van der Waals surface area contributed by atoms with Crippen molar-refractivity contribution in [3.8, 4) is 0 Å². The first-order valence-electron chi connectivity index (χ1n) is 8.34. The highest BCUT2D eigenvalue weighted by molar-refractivity contribution is 7.98. The van der Waals surface area contributed by atoms with Crippen LogP contribution in [0.2, 0.25) is 0 Å². The summed E-state index contributed by atoms with van der Waals surface area (Å²) in [6.07, 6.45) is 1.47. The summed E-state index contributed by atoms with van der Waals surface area (Å²) in [5.41, 5.74) is 4.28. The lowest BCUT2D eigenvalue weighted by Crippen LogP contribution is -2.63. The number of benzene rings is 1. The minimum absolute atomic E-state index is 0.0421. The third-order valence-corrected chi connectivity index (χ3v) is 4.56. The summed E-state index contributed by atoms with van der Waals surface area (Å²) in [6, 6.07) is 7.78. The minimum atomic E-state index is -1.74. The van der Waals surface area contributed by atoms with Crippen molar-refractivity contribution in [3.05, 3.63) is 35.9 Å². The number of hydrogen-bond acceptors (Lipinski definition) is 5. The Balaban J connectivity index is 3.22. The van der Waals surface area contributed by atoms with Crippen molar-refractivity contribution in [2.45, 2.75) is 37.8 Å². The average Bonchev–Trinajstić information content (AvgIpc) is 2.57. The van der Waals surface area contributed by atoms with Gasteiger partial charge < -0.3 is 21.5 Å². The summed E-state index contributed by atoms with van der Waals surface area (Å²) in [5, 5.41) is 14.3. The second-order valence-electron chi connectivity index (χ2n) is 6.21. The standard InChI is InChI=1S/C18H25N3O5S/c1-12(22)21-18(11-15(23)24,10-13-6-4-3-5-7-13)17(26)20-14(16(19)25)8-9-27-2/h3-7,14H,8-11H2,1-2H3,(H2,19,25)(H,20,26)(H,21,22)(H,23,24)/t14-,18-/m0/s1. The fourth-order valence-electron chi connectivity index (χ4n) is 2.73. The summed E-state index contributed by atoms with van der Waals surface area (Å²) >= 11 is 1.48. The number of amides is 3. The summed E-state index contributed by atoms with van der Waals surface area (Å²) in [6.45, 7) is 1.20. The van der Waals surface area contributed by atoms with E-state index in [1.54, 1.807) is 30.3 Å². The van der Waals surface area contributed by atoms with Crippen molar-refractivity contribution in [2.75, 3.05) is 12.0 Å². The van der Waals surface area contributed by atoms with Crippen molar-refractivity contribution in [1.82, 2.24) is 10.6 Å². The Labute approximate surface area is 162 Å². The number of carbonyl (C=O) groups is 4. The van der Waals surface area contributed by atoms with E-state index in [4.69, 9.17) is 5.73 Å². The van der Waals surface area contributed by atoms with Crippen LogP contribution in [0.1, 0.15) is 25.3 Å². The van der Waals surface area contributed by atoms with E-state index in [1.807, 2.05) is 6.26 Å². The van der Waals surface area contributed by atoms with Gasteiger partial charge in [-0.15, -0.1) is 0 Å². The van der Waals surface area contributed by atoms with Crippen molar-refractivity contribution in [3.63, 3.8) is 0 Å². The van der Waals surface area contributed by atoms with Crippen LogP contribution in [0.5, 0.6) is 0 Å². The Bertz CT molecular complexity index is 665. The molecule has 5 N–H and O–H groups in total. The lowest BCUT2D eigenvalue weighted by Gasteiger charge is -2.33. The molecule has 27 heavy (non-hydrogen) atoms. The van der Waals surface area contributed by atoms with E-state index in [0.29, 0.717) is 17.7 Å². The van der Waals surface area contributed by atoms with Crippen LogP contribution < -0.4 is 16.4 Å². The molecule has 0 heterocycles. The highest BCUT2D eigenvalue weighted by Crippen LogP contribution is 2.20. The van der Waals surface area contributed by atoms with Gasteiger partial charge in [-0.2, -0.15) is 11.8 Å². The zero-order chi connectivity index (χ0) is 20.4. The van der Waals surface area contributed by atoms with Crippen molar-refractivity contribution < 1.29 is 24.3 Å². The molecule has 0 aromatic heterocycles. The molecule has 0 unspecified atom stereocenters. The molecule has 8 nitrogen and oxygen atoms in total. The Kier molecular flexibility index (Phi) is 8.80. The molecule has 0 fully saturated rings. The van der Waals surface area contributed by atoms with Crippen LogP contribution >= 0.6 is 11.8 Å². The lowest BCUT2D eigenvalue weighted by atomic mass is 9.85. The zero-order valence-electron chi connectivity index (χ0n) is 15.4. The Hall–Kier alpha value is -2.55. The van der Waals surface area contributed by atoms with Crippen LogP contribution in [0.25, 0.3) is 0 Å². The van der Waals surface area contributed by atoms with E-state index in [-0.39, 0.29) is 6.42 Å². The molecule has 0 saturated heterocycles. The van der Waals surface area contributed by atoms with Crippen LogP contribution in [0.15, 0.2) is 30.3 Å². The van der Waals surface area contributed by atoms with Gasteiger partial charge >= 0.3 is 5.97 Å². The molecule has 0 aliphatic carbocycles. The molecule has 0 bridgehead atoms. The van der Waals surface area contributed by atoms with E-state index < -0.39 is 41.7 Å². The first kappa shape index (κ1) is 22.5. The van der Waals surface area contributed by atoms with Crippen LogP contribution in [0.3, 0.4) is 0 Å². The van der Waals surface area contributed by atoms with Crippen LogP contribution in [0, 0.1) is 0 Å². The van der Waals surface area contributed by atoms with Gasteiger partial charge in [0, 0.05) is 13.3 Å². The molecule has 9 heteroatoms. The lowest BCUT2D eigenvalue weighted by molar-refractivity contribution is -0.144. The Morgan fingerprint density at radius 2 is 1.85 bits per heavy atom. The number of aliphatic carboxylic acids is 1. The van der Waals surface area contributed by atoms with Crippen molar-refractivity contribution in [2.24, 2.45) is 5.73 Å². The fourth-order valence-corrected chi connectivity index (χ4v) is 3.20. The third-order valence-electron chi connectivity index (χ3n) is 3.91. The van der Waals surface area contributed by atoms with Gasteiger partial charge in [0.25, 0.3) is 0 Å². The maximum absolute atomic E-state index is 13.0. The number of primary amides is 1. The highest BCUT2D eigenvalue weighted by Gasteiger charge is 2.42. The number of nitrogens with one attached hydrogen (secondary N) is 2. The second kappa shape index (κ2) is 10.6. The molecule has 0 radical (unpaired) electrons. The van der Waals surface area contributed by atoms with Gasteiger partial charge in [-0.05, 0) is 24.0 Å². The summed E-state index contributed by atoms with van der Waals surface area (Å²) < 4.78 is 0. The van der Waals surface area contributed by atoms with Crippen LogP contribution in [-0.4, -0.2) is 52.4 Å². The predicted octanol–water partition coefficient (Wildman–Crippen LogP) is 0.302. The number of nitrogens with two attached hydrogens (primary N) is 1. The van der Waals surface area contributed by atoms with Gasteiger partial charge in [-0.3, -0.25) is 19.2 Å². The van der Waals surface area contributed by atoms with Crippen molar-refractivity contribution in [1.29, 1.82) is 0 Å². The first-order chi connectivity index (χ1) is 12.7. The van der Waals surface area contributed by atoms with Crippen LogP contribution in [-0.2, 0) is 25.6 Å². The first-order valence-corrected chi connectivity index (χ1v) is 9.73. The normalized spacial score (nSPS) is 13.9. The maximum atomic E-state index is 13.0. The maximum Gasteiger partial charge on any atom is 0.306 e. The molecule has 3 amide bonds. The van der Waals surface area contributed by atoms with E-state index in [2.05, 4.69) is 10.6 Å². The molecule has 1 aromatic rings. The van der Waals surface area contributed by atoms with Gasteiger partial charge in [0.15, 0.2) is 0 Å². The molecule has 0 aliphatic heterocycles. The molecule has 0 aliphatic rings. The summed E-state index contributed by atoms with van der Waals surface area (Å²) in [5.74, 6) is -2.70. The number of carboxylic acid groups (broad SMARTS) is 1. The molecule has 1 rings (SSSR count). The smallest absolute Gasteiger partial charge is 0.306 e. The van der Waals surface area contributed by atoms with E-state index >= 15 is 0 Å². The highest BCUT2D eigenvalue weighted by atomic mass is 32.2. The quantitative estimate of drug-likeness (QED) is 0.425. The van der Waals surface area contributed by atoms with Crippen LogP contribution in [0.4, 0.5) is 0 Å². The topological polar surface area (TPSA) is 139 Å². The van der Waals surface area contributed by atoms with Gasteiger partial charge in [0.1, 0.15) is 11.6 Å². The average molecular weight is 395 g/mol. The molecular formula is C18H25N3O5S. The molecule has 0 spiro atoms. The molecule has 2 atom stereocenters. The van der Waals surface area contributed by atoms with E-state index in [1.165, 1.54) is 18.7 Å². The van der Waals surface area contributed by atoms with Crippen molar-refractivity contribution >= 4 is 35.5 Å². The van der Waals surface area contributed by atoms with Gasteiger partial charge in [0.2, 0.25) is 17.7 Å². The van der Waals surface area contributed by atoms with Gasteiger partial charge in [0.05, 0.1) is 6.42 Å². The second-order valence-corrected chi connectivity index (χ2v) is 7.19. The van der Waals surface area contributed by atoms with E-state index in [9.17, 15) is 24.3 Å². The monoisotopic (exact) mass is 395 g/mol. The molecule has 1 aromatic carbocycles. The van der Waals surface area contributed by atoms with E-state index in [0.717, 1.165) is 0 Å². The molecule has 0 saturated carbocycles. The predicted molar refractivity (Wildman–Crippen MR) is 103 cm³/mol. The fraction of sp³-hybridized carbons (Fsp3) is 0.444. The third kappa shape index (κ3) is 7.30. The Morgan fingerprint density at radius 3 is 2.33 bits per heavy atom. The summed E-state index contributed by atoms with van der Waals surface area (Å²) in [4.78, 5) is 47.9. The number of rotatable bonds is 11. The largest absolute Gasteiger partial charge is 0.481 e. The molecule has 148 valence electrons. The number of carbonyl (C=O) groups excluding carboxylic acids is 3. The molecular weight excluding hydrogens is 370 g/mol. The Morgan fingerprint density at radius 1 is 1.22 bits per heavy atom. The SMILES string of the molecule is CSCC[C@H](NC(=O)[C@@](CC(=O)O)(Cc1ccccc1)NC(C)=O)C(N)=O. The number of hydrogen-bond donors (Lipinski definition) is 4. The minimum Gasteiger partial charge on any atom is -0.481 e. The number of thioether (sulfide) groups is 1.